The number of carbonyl (C=O) groups is 1. The summed E-state index contributed by atoms with van der Waals surface area (Å²) in [6.07, 6.45) is 3.86. The van der Waals surface area contributed by atoms with Crippen LogP contribution in [0.15, 0.2) is 57.9 Å². The number of piperidine rings is 1. The lowest BCUT2D eigenvalue weighted by molar-refractivity contribution is -0.126. The number of hydrogen-bond donors (Lipinski definition) is 1. The molecule has 1 aliphatic rings. The molecule has 4 rings (SSSR count). The molecule has 184 valence electrons. The Balaban J connectivity index is 1.48. The van der Waals surface area contributed by atoms with Crippen LogP contribution in [-0.4, -0.2) is 36.9 Å². The van der Waals surface area contributed by atoms with Gasteiger partial charge >= 0.3 is 0 Å². The van der Waals surface area contributed by atoms with Crippen LogP contribution < -0.4 is 5.32 Å². The molecule has 10 heteroatoms. The zero-order valence-corrected chi connectivity index (χ0v) is 19.9. The summed E-state index contributed by atoms with van der Waals surface area (Å²) in [4.78, 5) is 12.6. The van der Waals surface area contributed by atoms with Crippen molar-refractivity contribution < 1.29 is 26.5 Å². The van der Waals surface area contributed by atoms with Crippen molar-refractivity contribution in [3.8, 4) is 0 Å². The van der Waals surface area contributed by atoms with Gasteiger partial charge in [0.2, 0.25) is 15.9 Å². The zero-order valence-electron chi connectivity index (χ0n) is 19.1. The fraction of sp³-hybridized carbons (Fsp3) is 0.280. The molecule has 1 fully saturated rings. The van der Waals surface area contributed by atoms with E-state index in [0.29, 0.717) is 12.8 Å². The highest BCUT2D eigenvalue weighted by atomic mass is 32.2. The van der Waals surface area contributed by atoms with Crippen LogP contribution in [0.3, 0.4) is 0 Å². The van der Waals surface area contributed by atoms with E-state index in [1.807, 2.05) is 0 Å². The summed E-state index contributed by atoms with van der Waals surface area (Å²) in [5, 5.41) is 6.60. The maximum atomic E-state index is 14.0. The van der Waals surface area contributed by atoms with E-state index in [0.717, 1.165) is 5.56 Å². The number of nitrogens with one attached hydrogen (secondary N) is 1. The highest BCUT2D eigenvalue weighted by molar-refractivity contribution is 7.89. The molecule has 2 aromatic carbocycles. The van der Waals surface area contributed by atoms with E-state index < -0.39 is 21.8 Å². The molecule has 0 spiro atoms. The highest BCUT2D eigenvalue weighted by Crippen LogP contribution is 2.29. The Labute approximate surface area is 202 Å². The van der Waals surface area contributed by atoms with Gasteiger partial charge < -0.3 is 9.84 Å². The molecule has 0 bridgehead atoms. The van der Waals surface area contributed by atoms with E-state index in [9.17, 15) is 22.0 Å². The summed E-state index contributed by atoms with van der Waals surface area (Å²) >= 11 is 0. The van der Waals surface area contributed by atoms with Crippen molar-refractivity contribution in [3.05, 3.63) is 82.7 Å². The van der Waals surface area contributed by atoms with Crippen LogP contribution in [0.4, 0.5) is 8.78 Å². The molecule has 0 radical (unpaired) electrons. The van der Waals surface area contributed by atoms with Crippen LogP contribution in [0.2, 0.25) is 0 Å². The average molecular weight is 502 g/mol. The molecule has 0 saturated carbocycles. The largest absolute Gasteiger partial charge is 0.355 e. The Bertz CT molecular complexity index is 1340. The summed E-state index contributed by atoms with van der Waals surface area (Å²) in [5.41, 5.74) is 1.20. The second-order valence-electron chi connectivity index (χ2n) is 8.36. The van der Waals surface area contributed by atoms with Crippen LogP contribution in [-0.2, 0) is 21.4 Å². The van der Waals surface area contributed by atoms with Crippen molar-refractivity contribution in [2.45, 2.75) is 31.2 Å². The number of aromatic nitrogens is 1. The Hall–Kier alpha value is -3.37. The topological polar surface area (TPSA) is 92.5 Å². The van der Waals surface area contributed by atoms with Crippen LogP contribution in [0.1, 0.15) is 35.4 Å². The summed E-state index contributed by atoms with van der Waals surface area (Å²) in [6.45, 7) is 2.01. The van der Waals surface area contributed by atoms with E-state index >= 15 is 0 Å². The highest BCUT2D eigenvalue weighted by Gasteiger charge is 2.36. The number of halogens is 2. The molecule has 3 aromatic rings. The van der Waals surface area contributed by atoms with Crippen molar-refractivity contribution in [3.63, 3.8) is 0 Å². The Morgan fingerprint density at radius 2 is 1.91 bits per heavy atom. The van der Waals surface area contributed by atoms with Crippen LogP contribution in [0.5, 0.6) is 0 Å². The monoisotopic (exact) mass is 501 g/mol. The van der Waals surface area contributed by atoms with Crippen molar-refractivity contribution in [2.24, 2.45) is 5.92 Å². The van der Waals surface area contributed by atoms with Gasteiger partial charge in [0.05, 0.1) is 5.92 Å². The molecule has 1 N–H and O–H groups in total. The maximum absolute atomic E-state index is 14.0. The number of aryl methyl sites for hydroxylation is 1. The molecular weight excluding hydrogens is 476 g/mol. The molecule has 1 aliphatic heterocycles. The Morgan fingerprint density at radius 1 is 1.17 bits per heavy atom. The molecule has 1 aromatic heterocycles. The Morgan fingerprint density at radius 3 is 2.66 bits per heavy atom. The predicted molar refractivity (Wildman–Crippen MR) is 126 cm³/mol. The standard InChI is InChI=1S/C25H25F2N3O4S/c1-17-24(23(34-29-17)13-10-19-5-2-3-7-22(19)27)35(32,33)30-14-4-6-20(16-30)25(31)28-15-18-8-11-21(26)12-9-18/h2-3,5,7-13,20H,4,6,14-16H2,1H3,(H,28,31)/b13-10+/t20-/m0/s1. The predicted octanol–water partition coefficient (Wildman–Crippen LogP) is 4.15. The third-order valence-electron chi connectivity index (χ3n) is 5.89. The maximum Gasteiger partial charge on any atom is 0.248 e. The molecular formula is C25H25F2N3O4S. The SMILES string of the molecule is Cc1noc(/C=C/c2ccccc2F)c1S(=O)(=O)N1CCC[C@H](C(=O)NCc2ccc(F)cc2)C1. The van der Waals surface area contributed by atoms with Gasteiger partial charge in [-0.25, -0.2) is 17.2 Å². The van der Waals surface area contributed by atoms with Crippen LogP contribution >= 0.6 is 0 Å². The van der Waals surface area contributed by atoms with Gasteiger partial charge in [-0.3, -0.25) is 4.79 Å². The first-order valence-electron chi connectivity index (χ1n) is 11.2. The second kappa shape index (κ2) is 10.5. The van der Waals surface area contributed by atoms with Gasteiger partial charge in [0.25, 0.3) is 0 Å². The van der Waals surface area contributed by atoms with Crippen molar-refractivity contribution in [1.82, 2.24) is 14.8 Å². The third-order valence-corrected chi connectivity index (χ3v) is 7.91. The quantitative estimate of drug-likeness (QED) is 0.525. The van der Waals surface area contributed by atoms with Crippen LogP contribution in [0.25, 0.3) is 12.2 Å². The molecule has 1 amide bonds. The minimum absolute atomic E-state index is 0.00589. The van der Waals surface area contributed by atoms with E-state index in [1.54, 1.807) is 30.3 Å². The first-order valence-corrected chi connectivity index (χ1v) is 12.6. The average Bonchev–Trinajstić information content (AvgIpc) is 3.24. The number of carbonyl (C=O) groups excluding carboxylic acids is 1. The molecule has 1 saturated heterocycles. The third kappa shape index (κ3) is 5.66. The number of rotatable bonds is 7. The molecule has 0 aliphatic carbocycles. The first kappa shape index (κ1) is 24.7. The number of benzene rings is 2. The molecule has 35 heavy (non-hydrogen) atoms. The van der Waals surface area contributed by atoms with E-state index in [2.05, 4.69) is 10.5 Å². The smallest absolute Gasteiger partial charge is 0.248 e. The minimum atomic E-state index is -4.02. The summed E-state index contributed by atoms with van der Waals surface area (Å²) in [6, 6.07) is 11.9. The lowest BCUT2D eigenvalue weighted by Crippen LogP contribution is -2.45. The number of sulfonamides is 1. The molecule has 7 nitrogen and oxygen atoms in total. The van der Waals surface area contributed by atoms with E-state index in [-0.39, 0.29) is 53.3 Å². The molecule has 1 atom stereocenters. The fourth-order valence-corrected chi connectivity index (χ4v) is 5.79. The zero-order chi connectivity index (χ0) is 25.0. The second-order valence-corrected chi connectivity index (χ2v) is 10.2. The summed E-state index contributed by atoms with van der Waals surface area (Å²) in [7, 11) is -4.02. The van der Waals surface area contributed by atoms with Crippen molar-refractivity contribution in [1.29, 1.82) is 0 Å². The van der Waals surface area contributed by atoms with Gasteiger partial charge in [0.1, 0.15) is 17.3 Å². The summed E-state index contributed by atoms with van der Waals surface area (Å²) < 4.78 is 60.5. The summed E-state index contributed by atoms with van der Waals surface area (Å²) in [5.74, 6) is -1.61. The fourth-order valence-electron chi connectivity index (χ4n) is 4.01. The molecule has 0 unspecified atom stereocenters. The molecule has 2 heterocycles. The normalized spacial score (nSPS) is 17.1. The van der Waals surface area contributed by atoms with Gasteiger partial charge in [-0.05, 0) is 55.7 Å². The van der Waals surface area contributed by atoms with Crippen molar-refractivity contribution >= 4 is 28.1 Å². The number of hydrogen-bond acceptors (Lipinski definition) is 5. The van der Waals surface area contributed by atoms with Gasteiger partial charge in [-0.15, -0.1) is 0 Å². The first-order chi connectivity index (χ1) is 16.8. The van der Waals surface area contributed by atoms with Gasteiger partial charge in [-0.1, -0.05) is 35.5 Å². The minimum Gasteiger partial charge on any atom is -0.355 e. The number of amides is 1. The van der Waals surface area contributed by atoms with Crippen molar-refractivity contribution in [2.75, 3.05) is 13.1 Å². The lowest BCUT2D eigenvalue weighted by Gasteiger charge is -2.31. The lowest BCUT2D eigenvalue weighted by atomic mass is 9.99. The van der Waals surface area contributed by atoms with E-state index in [1.165, 1.54) is 41.6 Å². The van der Waals surface area contributed by atoms with Gasteiger partial charge in [-0.2, -0.15) is 4.31 Å². The van der Waals surface area contributed by atoms with Gasteiger partial charge in [0, 0.05) is 25.2 Å². The van der Waals surface area contributed by atoms with E-state index in [4.69, 9.17) is 4.52 Å². The number of nitrogens with zero attached hydrogens (tertiary/aromatic N) is 2. The van der Waals surface area contributed by atoms with Gasteiger partial charge in [0.15, 0.2) is 10.7 Å². The Kier molecular flexibility index (Phi) is 7.42. The van der Waals surface area contributed by atoms with Crippen LogP contribution in [0, 0.1) is 24.5 Å².